The van der Waals surface area contributed by atoms with Crippen LogP contribution in [0, 0.1) is 11.8 Å². The maximum Gasteiger partial charge on any atom is 0.242 e. The molecule has 17 heavy (non-hydrogen) atoms. The average Bonchev–Trinajstić information content (AvgIpc) is 2.14. The zero-order valence-electron chi connectivity index (χ0n) is 11.5. The summed E-state index contributed by atoms with van der Waals surface area (Å²) in [5.41, 5.74) is 5.14. The van der Waals surface area contributed by atoms with Gasteiger partial charge in [-0.2, -0.15) is 0 Å². The molecular formula is C13H27ClN2O. The summed E-state index contributed by atoms with van der Waals surface area (Å²) in [6.07, 6.45) is 3.60. The maximum absolute atomic E-state index is 12.1. The Morgan fingerprint density at radius 2 is 2.06 bits per heavy atom. The summed E-state index contributed by atoms with van der Waals surface area (Å²) in [7, 11) is 0. The molecule has 0 spiro atoms. The minimum Gasteiger partial charge on any atom is -0.341 e. The van der Waals surface area contributed by atoms with Crippen molar-refractivity contribution in [2.45, 2.75) is 52.5 Å². The van der Waals surface area contributed by atoms with E-state index in [0.717, 1.165) is 19.5 Å². The van der Waals surface area contributed by atoms with Gasteiger partial charge in [-0.15, -0.1) is 12.4 Å². The maximum atomic E-state index is 12.1. The van der Waals surface area contributed by atoms with E-state index in [4.69, 9.17) is 5.73 Å². The lowest BCUT2D eigenvalue weighted by atomic mass is 9.89. The number of hydrogen-bond acceptors (Lipinski definition) is 2. The number of hydrogen-bond donors (Lipinski definition) is 1. The standard InChI is InChI=1S/C13H26N2O.ClH/c1-10(2)8-11-6-5-7-15(9-11)12(16)13(3,4)14;/h10-11H,5-9,14H2,1-4H3;1H. The molecule has 1 aliphatic heterocycles. The fourth-order valence-corrected chi connectivity index (χ4v) is 2.52. The molecule has 1 unspecified atom stereocenters. The molecule has 0 radical (unpaired) electrons. The number of nitrogens with two attached hydrogens (primary N) is 1. The minimum absolute atomic E-state index is 0. The van der Waals surface area contributed by atoms with Gasteiger partial charge in [0.1, 0.15) is 0 Å². The van der Waals surface area contributed by atoms with Gasteiger partial charge in [-0.1, -0.05) is 13.8 Å². The quantitative estimate of drug-likeness (QED) is 0.849. The van der Waals surface area contributed by atoms with E-state index >= 15 is 0 Å². The summed E-state index contributed by atoms with van der Waals surface area (Å²) in [5, 5.41) is 0. The topological polar surface area (TPSA) is 46.3 Å². The number of amides is 1. The van der Waals surface area contributed by atoms with Crippen LogP contribution in [-0.2, 0) is 4.79 Å². The first kappa shape index (κ1) is 16.7. The molecule has 1 fully saturated rings. The average molecular weight is 263 g/mol. The molecule has 1 saturated heterocycles. The van der Waals surface area contributed by atoms with E-state index in [1.54, 1.807) is 13.8 Å². The molecule has 0 bridgehead atoms. The smallest absolute Gasteiger partial charge is 0.242 e. The molecule has 2 N–H and O–H groups in total. The molecule has 0 aromatic rings. The summed E-state index contributed by atoms with van der Waals surface area (Å²) in [5.74, 6) is 1.48. The highest BCUT2D eigenvalue weighted by Gasteiger charge is 2.31. The predicted molar refractivity (Wildman–Crippen MR) is 74.3 cm³/mol. The van der Waals surface area contributed by atoms with Crippen LogP contribution in [-0.4, -0.2) is 29.4 Å². The number of carbonyl (C=O) groups is 1. The van der Waals surface area contributed by atoms with E-state index in [1.807, 2.05) is 4.90 Å². The largest absolute Gasteiger partial charge is 0.341 e. The van der Waals surface area contributed by atoms with Crippen LogP contribution < -0.4 is 5.73 Å². The molecule has 1 amide bonds. The molecule has 1 heterocycles. The predicted octanol–water partition coefficient (Wildman–Crippen LogP) is 2.43. The first-order valence-corrected chi connectivity index (χ1v) is 6.39. The second kappa shape index (κ2) is 6.60. The van der Waals surface area contributed by atoms with Crippen LogP contribution in [0.25, 0.3) is 0 Å². The number of halogens is 1. The molecule has 0 aromatic carbocycles. The summed E-state index contributed by atoms with van der Waals surface area (Å²) in [6, 6.07) is 0. The molecule has 3 nitrogen and oxygen atoms in total. The molecule has 1 atom stereocenters. The van der Waals surface area contributed by atoms with Gasteiger partial charge in [0.2, 0.25) is 5.91 Å². The molecule has 0 aromatic heterocycles. The van der Waals surface area contributed by atoms with E-state index in [-0.39, 0.29) is 18.3 Å². The highest BCUT2D eigenvalue weighted by atomic mass is 35.5. The SMILES string of the molecule is CC(C)CC1CCCN(C(=O)C(C)(C)N)C1.Cl. The second-order valence-electron chi connectivity index (χ2n) is 6.11. The Morgan fingerprint density at radius 1 is 1.47 bits per heavy atom. The van der Waals surface area contributed by atoms with Gasteiger partial charge in [0.25, 0.3) is 0 Å². The van der Waals surface area contributed by atoms with E-state index in [1.165, 1.54) is 12.8 Å². The van der Waals surface area contributed by atoms with Crippen molar-refractivity contribution in [2.75, 3.05) is 13.1 Å². The van der Waals surface area contributed by atoms with Gasteiger partial charge in [0, 0.05) is 13.1 Å². The highest BCUT2D eigenvalue weighted by molar-refractivity contribution is 5.85. The fourth-order valence-electron chi connectivity index (χ4n) is 2.52. The van der Waals surface area contributed by atoms with Crippen LogP contribution >= 0.6 is 12.4 Å². The molecule has 1 rings (SSSR count). The molecule has 102 valence electrons. The van der Waals surface area contributed by atoms with Crippen LogP contribution in [0.1, 0.15) is 47.0 Å². The van der Waals surface area contributed by atoms with Crippen molar-refractivity contribution in [1.82, 2.24) is 4.90 Å². The third-order valence-electron chi connectivity index (χ3n) is 3.16. The number of nitrogens with zero attached hydrogens (tertiary/aromatic N) is 1. The summed E-state index contributed by atoms with van der Waals surface area (Å²) in [4.78, 5) is 14.0. The Labute approximate surface area is 112 Å². The zero-order valence-corrected chi connectivity index (χ0v) is 12.3. The van der Waals surface area contributed by atoms with Crippen LogP contribution in [0.5, 0.6) is 0 Å². The van der Waals surface area contributed by atoms with Crippen molar-refractivity contribution in [1.29, 1.82) is 0 Å². The van der Waals surface area contributed by atoms with Crippen molar-refractivity contribution in [2.24, 2.45) is 17.6 Å². The third-order valence-corrected chi connectivity index (χ3v) is 3.16. The molecule has 0 saturated carbocycles. The van der Waals surface area contributed by atoms with Gasteiger partial charge in [-0.05, 0) is 44.9 Å². The molecule has 4 heteroatoms. The van der Waals surface area contributed by atoms with E-state index < -0.39 is 5.54 Å². The Kier molecular flexibility index (Phi) is 6.49. The van der Waals surface area contributed by atoms with Gasteiger partial charge in [0.15, 0.2) is 0 Å². The first-order valence-electron chi connectivity index (χ1n) is 6.39. The molecular weight excluding hydrogens is 236 g/mol. The number of likely N-dealkylation sites (tertiary alicyclic amines) is 1. The van der Waals surface area contributed by atoms with Gasteiger partial charge < -0.3 is 10.6 Å². The fraction of sp³-hybridized carbons (Fsp3) is 0.923. The van der Waals surface area contributed by atoms with Crippen molar-refractivity contribution in [3.8, 4) is 0 Å². The Morgan fingerprint density at radius 3 is 2.53 bits per heavy atom. The monoisotopic (exact) mass is 262 g/mol. The number of piperidine rings is 1. The van der Waals surface area contributed by atoms with Gasteiger partial charge in [0.05, 0.1) is 5.54 Å². The van der Waals surface area contributed by atoms with Crippen LogP contribution in [0.4, 0.5) is 0 Å². The van der Waals surface area contributed by atoms with Gasteiger partial charge in [-0.3, -0.25) is 4.79 Å². The first-order chi connectivity index (χ1) is 7.30. The van der Waals surface area contributed by atoms with E-state index in [2.05, 4.69) is 13.8 Å². The van der Waals surface area contributed by atoms with Crippen molar-refractivity contribution in [3.05, 3.63) is 0 Å². The van der Waals surface area contributed by atoms with Gasteiger partial charge >= 0.3 is 0 Å². The summed E-state index contributed by atoms with van der Waals surface area (Å²) >= 11 is 0. The Balaban J connectivity index is 0.00000256. The van der Waals surface area contributed by atoms with Crippen molar-refractivity contribution >= 4 is 18.3 Å². The lowest BCUT2D eigenvalue weighted by Gasteiger charge is -2.36. The molecule has 0 aliphatic carbocycles. The summed E-state index contributed by atoms with van der Waals surface area (Å²) in [6.45, 7) is 9.86. The van der Waals surface area contributed by atoms with Gasteiger partial charge in [-0.25, -0.2) is 0 Å². The van der Waals surface area contributed by atoms with Crippen molar-refractivity contribution in [3.63, 3.8) is 0 Å². The third kappa shape index (κ3) is 5.26. The zero-order chi connectivity index (χ0) is 12.3. The van der Waals surface area contributed by atoms with E-state index in [0.29, 0.717) is 11.8 Å². The number of carbonyl (C=O) groups excluding carboxylic acids is 1. The van der Waals surface area contributed by atoms with E-state index in [9.17, 15) is 4.79 Å². The lowest BCUT2D eigenvalue weighted by Crippen LogP contribution is -2.53. The minimum atomic E-state index is -0.722. The van der Waals surface area contributed by atoms with Crippen molar-refractivity contribution < 1.29 is 4.79 Å². The lowest BCUT2D eigenvalue weighted by molar-refractivity contribution is -0.137. The Bertz CT molecular complexity index is 248. The second-order valence-corrected chi connectivity index (χ2v) is 6.11. The normalized spacial score (nSPS) is 21.3. The van der Waals surface area contributed by atoms with Crippen LogP contribution in [0.3, 0.4) is 0 Å². The number of rotatable bonds is 3. The van der Waals surface area contributed by atoms with Crippen LogP contribution in [0.15, 0.2) is 0 Å². The molecule has 1 aliphatic rings. The van der Waals surface area contributed by atoms with Crippen LogP contribution in [0.2, 0.25) is 0 Å². The highest BCUT2D eigenvalue weighted by Crippen LogP contribution is 2.24. The summed E-state index contributed by atoms with van der Waals surface area (Å²) < 4.78 is 0. The Hall–Kier alpha value is -0.280.